The molecule has 1 rings (SSSR count). The fourth-order valence-electron chi connectivity index (χ4n) is 2.61. The van der Waals surface area contributed by atoms with Crippen molar-refractivity contribution in [3.8, 4) is 0 Å². The average Bonchev–Trinajstić information content (AvgIpc) is 2.23. The number of nitrogens with zero attached hydrogens (tertiary/aromatic N) is 1. The van der Waals surface area contributed by atoms with E-state index in [9.17, 15) is 0 Å². The van der Waals surface area contributed by atoms with Gasteiger partial charge >= 0.3 is 0 Å². The zero-order chi connectivity index (χ0) is 10.9. The Bertz CT molecular complexity index is 144. The van der Waals surface area contributed by atoms with Crippen LogP contribution in [0.15, 0.2) is 0 Å². The van der Waals surface area contributed by atoms with E-state index >= 15 is 0 Å². The summed E-state index contributed by atoms with van der Waals surface area (Å²) in [5.74, 6) is 0.943. The largest absolute Gasteiger partial charge is 0.303 e. The van der Waals surface area contributed by atoms with Gasteiger partial charge in [-0.15, -0.1) is 0 Å². The topological polar surface area (TPSA) is 3.24 Å². The van der Waals surface area contributed by atoms with Gasteiger partial charge in [0.1, 0.15) is 0 Å². The van der Waals surface area contributed by atoms with Crippen molar-refractivity contribution in [1.82, 2.24) is 4.90 Å². The van der Waals surface area contributed by atoms with Crippen LogP contribution in [-0.2, 0) is 0 Å². The minimum absolute atomic E-state index is 0.943. The summed E-state index contributed by atoms with van der Waals surface area (Å²) in [6.45, 7) is 8.76. The lowest BCUT2D eigenvalue weighted by Crippen LogP contribution is -2.34. The molecule has 1 nitrogen and oxygen atoms in total. The Labute approximate surface area is 96.2 Å². The highest BCUT2D eigenvalue weighted by Crippen LogP contribution is 2.16. The van der Waals surface area contributed by atoms with Gasteiger partial charge in [0.15, 0.2) is 0 Å². The van der Waals surface area contributed by atoms with E-state index in [1.165, 1.54) is 71.0 Å². The molecule has 0 aromatic carbocycles. The van der Waals surface area contributed by atoms with Crippen molar-refractivity contribution in [3.05, 3.63) is 0 Å². The fraction of sp³-hybridized carbons (Fsp3) is 1.00. The van der Waals surface area contributed by atoms with Gasteiger partial charge in [-0.1, -0.05) is 46.0 Å². The van der Waals surface area contributed by atoms with Crippen LogP contribution in [0.2, 0.25) is 0 Å². The molecule has 0 aromatic heterocycles. The van der Waals surface area contributed by atoms with Crippen LogP contribution in [0.25, 0.3) is 0 Å². The zero-order valence-electron chi connectivity index (χ0n) is 10.8. The highest BCUT2D eigenvalue weighted by atomic mass is 15.1. The molecule has 1 aliphatic rings. The van der Waals surface area contributed by atoms with Crippen LogP contribution < -0.4 is 0 Å². The van der Waals surface area contributed by atoms with E-state index in [1.807, 2.05) is 0 Å². The maximum Gasteiger partial charge on any atom is 0.000703 e. The monoisotopic (exact) mass is 211 g/mol. The molecule has 0 aromatic rings. The van der Waals surface area contributed by atoms with Gasteiger partial charge in [-0.3, -0.25) is 0 Å². The van der Waals surface area contributed by atoms with E-state index in [0.29, 0.717) is 0 Å². The van der Waals surface area contributed by atoms with Crippen molar-refractivity contribution in [3.63, 3.8) is 0 Å². The predicted molar refractivity (Wildman–Crippen MR) is 68.2 cm³/mol. The third kappa shape index (κ3) is 6.19. The number of unbranched alkanes of at least 4 members (excludes halogenated alkanes) is 5. The van der Waals surface area contributed by atoms with E-state index in [-0.39, 0.29) is 0 Å². The van der Waals surface area contributed by atoms with E-state index in [0.717, 1.165) is 5.92 Å². The Hall–Kier alpha value is -0.0400. The molecule has 1 atom stereocenters. The Balaban J connectivity index is 1.90. The minimum Gasteiger partial charge on any atom is -0.303 e. The summed E-state index contributed by atoms with van der Waals surface area (Å²) in [4.78, 5) is 2.67. The first kappa shape index (κ1) is 13.0. The van der Waals surface area contributed by atoms with Crippen molar-refractivity contribution in [2.24, 2.45) is 5.92 Å². The van der Waals surface area contributed by atoms with Crippen molar-refractivity contribution >= 4 is 0 Å². The molecule has 15 heavy (non-hydrogen) atoms. The maximum atomic E-state index is 2.67. The summed E-state index contributed by atoms with van der Waals surface area (Å²) in [6.07, 6.45) is 11.5. The lowest BCUT2D eigenvalue weighted by atomic mass is 10.00. The van der Waals surface area contributed by atoms with Crippen LogP contribution in [0.1, 0.15) is 65.2 Å². The molecule has 1 aliphatic heterocycles. The molecule has 1 unspecified atom stereocenters. The summed E-state index contributed by atoms with van der Waals surface area (Å²) < 4.78 is 0. The molecule has 1 saturated heterocycles. The van der Waals surface area contributed by atoms with Crippen molar-refractivity contribution < 1.29 is 0 Å². The van der Waals surface area contributed by atoms with Crippen molar-refractivity contribution in [2.75, 3.05) is 19.6 Å². The Morgan fingerprint density at radius 1 is 1.07 bits per heavy atom. The number of piperidine rings is 1. The second-order valence-electron chi connectivity index (χ2n) is 5.32. The first-order valence-electron chi connectivity index (χ1n) is 7.05. The molecule has 1 heterocycles. The molecule has 1 heteroatoms. The molecule has 1 fully saturated rings. The molecule has 0 amide bonds. The van der Waals surface area contributed by atoms with Gasteiger partial charge in [0.25, 0.3) is 0 Å². The first-order chi connectivity index (χ1) is 7.33. The molecule has 0 spiro atoms. The molecule has 0 bridgehead atoms. The maximum absolute atomic E-state index is 2.67. The predicted octanol–water partition coefficient (Wildman–Crippen LogP) is 4.08. The quantitative estimate of drug-likeness (QED) is 0.574. The van der Waals surface area contributed by atoms with Gasteiger partial charge in [0, 0.05) is 6.54 Å². The molecule has 90 valence electrons. The number of rotatable bonds is 7. The second kappa shape index (κ2) is 8.15. The Morgan fingerprint density at radius 3 is 2.53 bits per heavy atom. The highest BCUT2D eigenvalue weighted by molar-refractivity contribution is 4.69. The number of hydrogen-bond donors (Lipinski definition) is 0. The molecule has 0 saturated carbocycles. The van der Waals surface area contributed by atoms with Gasteiger partial charge in [-0.05, 0) is 38.3 Å². The first-order valence-corrected chi connectivity index (χ1v) is 7.05. The molecule has 0 aliphatic carbocycles. The average molecular weight is 211 g/mol. The van der Waals surface area contributed by atoms with Gasteiger partial charge in [-0.25, -0.2) is 0 Å². The summed E-state index contributed by atoms with van der Waals surface area (Å²) in [5.41, 5.74) is 0. The summed E-state index contributed by atoms with van der Waals surface area (Å²) in [5, 5.41) is 0. The minimum atomic E-state index is 0.943. The van der Waals surface area contributed by atoms with Crippen LogP contribution in [0, 0.1) is 5.92 Å². The smallest absolute Gasteiger partial charge is 0.000703 e. The highest BCUT2D eigenvalue weighted by Gasteiger charge is 2.14. The van der Waals surface area contributed by atoms with Crippen LogP contribution in [-0.4, -0.2) is 24.5 Å². The van der Waals surface area contributed by atoms with Crippen LogP contribution in [0.3, 0.4) is 0 Å². The van der Waals surface area contributed by atoms with Crippen LogP contribution in [0.5, 0.6) is 0 Å². The molecular weight excluding hydrogens is 182 g/mol. The van der Waals surface area contributed by atoms with Gasteiger partial charge in [0.2, 0.25) is 0 Å². The Morgan fingerprint density at radius 2 is 1.80 bits per heavy atom. The second-order valence-corrected chi connectivity index (χ2v) is 5.32. The number of hydrogen-bond acceptors (Lipinski definition) is 1. The summed E-state index contributed by atoms with van der Waals surface area (Å²) in [6, 6.07) is 0. The van der Waals surface area contributed by atoms with Crippen molar-refractivity contribution in [2.45, 2.75) is 65.2 Å². The fourth-order valence-corrected chi connectivity index (χ4v) is 2.61. The lowest BCUT2D eigenvalue weighted by Gasteiger charge is -2.30. The summed E-state index contributed by atoms with van der Waals surface area (Å²) >= 11 is 0. The van der Waals surface area contributed by atoms with Crippen molar-refractivity contribution in [1.29, 1.82) is 0 Å². The normalized spacial score (nSPS) is 23.2. The molecule has 0 N–H and O–H groups in total. The van der Waals surface area contributed by atoms with E-state index < -0.39 is 0 Å². The lowest BCUT2D eigenvalue weighted by molar-refractivity contribution is 0.180. The van der Waals surface area contributed by atoms with Crippen LogP contribution in [0.4, 0.5) is 0 Å². The van der Waals surface area contributed by atoms with E-state index in [1.54, 1.807) is 0 Å². The SMILES string of the molecule is CCCCCCCCN1CCCC(C)C1. The molecular formula is C14H29N. The van der Waals surface area contributed by atoms with Gasteiger partial charge < -0.3 is 4.90 Å². The van der Waals surface area contributed by atoms with Gasteiger partial charge in [-0.2, -0.15) is 0 Å². The van der Waals surface area contributed by atoms with Crippen LogP contribution >= 0.6 is 0 Å². The Kier molecular flexibility index (Phi) is 7.08. The third-order valence-electron chi connectivity index (χ3n) is 3.57. The van der Waals surface area contributed by atoms with E-state index in [4.69, 9.17) is 0 Å². The number of likely N-dealkylation sites (tertiary alicyclic amines) is 1. The summed E-state index contributed by atoms with van der Waals surface area (Å²) in [7, 11) is 0. The van der Waals surface area contributed by atoms with Gasteiger partial charge in [0.05, 0.1) is 0 Å². The van der Waals surface area contributed by atoms with E-state index in [2.05, 4.69) is 18.7 Å². The standard InChI is InChI=1S/C14H29N/c1-3-4-5-6-7-8-11-15-12-9-10-14(2)13-15/h14H,3-13H2,1-2H3. The molecule has 0 radical (unpaired) electrons. The third-order valence-corrected chi connectivity index (χ3v) is 3.57. The zero-order valence-corrected chi connectivity index (χ0v) is 10.8.